The maximum absolute atomic E-state index is 11.9. The predicted molar refractivity (Wildman–Crippen MR) is 80.0 cm³/mol. The van der Waals surface area contributed by atoms with Gasteiger partial charge in [-0.2, -0.15) is 0 Å². The Labute approximate surface area is 120 Å². The van der Waals surface area contributed by atoms with Crippen molar-refractivity contribution in [3.8, 4) is 0 Å². The minimum atomic E-state index is 0. The summed E-state index contributed by atoms with van der Waals surface area (Å²) in [6, 6.07) is 6.71. The number of fused-ring (bicyclic) bond motifs is 1. The molecule has 0 spiro atoms. The fourth-order valence-corrected chi connectivity index (χ4v) is 3.02. The highest BCUT2D eigenvalue weighted by molar-refractivity contribution is 5.91. The fraction of sp³-hybridized carbons (Fsp3) is 0.533. The highest BCUT2D eigenvalue weighted by Gasteiger charge is 2.18. The van der Waals surface area contributed by atoms with Gasteiger partial charge >= 0.3 is 0 Å². The first kappa shape index (κ1) is 14.4. The number of aryl methyl sites for hydroxylation is 2. The van der Waals surface area contributed by atoms with Gasteiger partial charge in [-0.1, -0.05) is 6.07 Å². The molecule has 1 aromatic rings. The van der Waals surface area contributed by atoms with Crippen LogP contribution < -0.4 is 10.6 Å². The second kappa shape index (κ2) is 6.40. The minimum absolute atomic E-state index is 0. The van der Waals surface area contributed by atoms with Crippen LogP contribution in [0.4, 0.5) is 5.69 Å². The van der Waals surface area contributed by atoms with Crippen LogP contribution in [0.3, 0.4) is 0 Å². The zero-order valence-electron chi connectivity index (χ0n) is 11.1. The van der Waals surface area contributed by atoms with Gasteiger partial charge in [0.2, 0.25) is 5.91 Å². The van der Waals surface area contributed by atoms with E-state index in [2.05, 4.69) is 22.8 Å². The molecule has 0 bridgehead atoms. The molecular formula is C15H21ClN2O. The number of carbonyl (C=O) groups excluding carboxylic acids is 1. The van der Waals surface area contributed by atoms with Gasteiger partial charge in [0.15, 0.2) is 0 Å². The molecule has 1 saturated heterocycles. The third kappa shape index (κ3) is 3.48. The summed E-state index contributed by atoms with van der Waals surface area (Å²) in [4.78, 5) is 11.9. The predicted octanol–water partition coefficient (Wildman–Crippen LogP) is 2.68. The topological polar surface area (TPSA) is 41.1 Å². The van der Waals surface area contributed by atoms with Crippen LogP contribution in [-0.2, 0) is 17.6 Å². The first-order valence-corrected chi connectivity index (χ1v) is 6.96. The normalized spacial score (nSPS) is 20.7. The molecule has 4 heteroatoms. The Morgan fingerprint density at radius 3 is 2.89 bits per heavy atom. The first-order chi connectivity index (χ1) is 8.81. The van der Waals surface area contributed by atoms with E-state index in [9.17, 15) is 4.79 Å². The highest BCUT2D eigenvalue weighted by atomic mass is 35.5. The van der Waals surface area contributed by atoms with Gasteiger partial charge in [0.05, 0.1) is 0 Å². The lowest BCUT2D eigenvalue weighted by molar-refractivity contribution is -0.116. The van der Waals surface area contributed by atoms with E-state index >= 15 is 0 Å². The van der Waals surface area contributed by atoms with E-state index in [4.69, 9.17) is 0 Å². The molecule has 1 heterocycles. The average molecular weight is 281 g/mol. The monoisotopic (exact) mass is 280 g/mol. The van der Waals surface area contributed by atoms with Crippen molar-refractivity contribution in [3.63, 3.8) is 0 Å². The lowest BCUT2D eigenvalue weighted by Crippen LogP contribution is -2.27. The van der Waals surface area contributed by atoms with E-state index < -0.39 is 0 Å². The standard InChI is InChI=1S/C15H20N2O.ClH/c18-15(10-13-5-2-8-16-13)17-14-7-6-11-3-1-4-12(11)9-14;/h6-7,9,13,16H,1-5,8,10H2,(H,17,18);1H. The molecule has 1 fully saturated rings. The van der Waals surface area contributed by atoms with Crippen LogP contribution in [0.5, 0.6) is 0 Å². The van der Waals surface area contributed by atoms with Crippen LogP contribution in [0.15, 0.2) is 18.2 Å². The van der Waals surface area contributed by atoms with E-state index in [0.29, 0.717) is 12.5 Å². The van der Waals surface area contributed by atoms with Crippen LogP contribution in [0.1, 0.15) is 36.8 Å². The Morgan fingerprint density at radius 2 is 2.11 bits per heavy atom. The van der Waals surface area contributed by atoms with E-state index in [-0.39, 0.29) is 18.3 Å². The first-order valence-electron chi connectivity index (χ1n) is 6.96. The molecule has 104 valence electrons. The zero-order chi connectivity index (χ0) is 12.4. The number of amides is 1. The Bertz CT molecular complexity index is 455. The molecule has 1 atom stereocenters. The van der Waals surface area contributed by atoms with E-state index in [1.165, 1.54) is 30.4 Å². The number of benzene rings is 1. The van der Waals surface area contributed by atoms with E-state index in [1.807, 2.05) is 6.07 Å². The molecule has 1 aliphatic heterocycles. The number of anilines is 1. The van der Waals surface area contributed by atoms with Crippen LogP contribution >= 0.6 is 12.4 Å². The van der Waals surface area contributed by atoms with Gasteiger partial charge in [-0.3, -0.25) is 4.79 Å². The van der Waals surface area contributed by atoms with Gasteiger partial charge in [0.1, 0.15) is 0 Å². The molecule has 1 amide bonds. The molecular weight excluding hydrogens is 260 g/mol. The molecule has 2 N–H and O–H groups in total. The quantitative estimate of drug-likeness (QED) is 0.894. The summed E-state index contributed by atoms with van der Waals surface area (Å²) in [6.45, 7) is 1.05. The molecule has 0 aromatic heterocycles. The molecule has 1 aliphatic carbocycles. The third-order valence-electron chi connectivity index (χ3n) is 3.98. The zero-order valence-corrected chi connectivity index (χ0v) is 11.9. The molecule has 1 aromatic carbocycles. The summed E-state index contributed by atoms with van der Waals surface area (Å²) in [6.07, 6.45) is 6.50. The van der Waals surface area contributed by atoms with Gasteiger partial charge in [0, 0.05) is 18.2 Å². The number of rotatable bonds is 3. The molecule has 1 unspecified atom stereocenters. The van der Waals surface area contributed by atoms with Gasteiger partial charge in [-0.05, 0) is 61.9 Å². The Kier molecular flexibility index (Phi) is 4.83. The summed E-state index contributed by atoms with van der Waals surface area (Å²) >= 11 is 0. The SMILES string of the molecule is Cl.O=C(CC1CCCN1)Nc1ccc2c(c1)CCC2. The van der Waals surface area contributed by atoms with Crippen molar-refractivity contribution < 1.29 is 4.79 Å². The summed E-state index contributed by atoms with van der Waals surface area (Å²) < 4.78 is 0. The maximum atomic E-state index is 11.9. The minimum Gasteiger partial charge on any atom is -0.326 e. The number of carbonyl (C=O) groups is 1. The van der Waals surface area contributed by atoms with Crippen LogP contribution in [-0.4, -0.2) is 18.5 Å². The van der Waals surface area contributed by atoms with E-state index in [0.717, 1.165) is 25.1 Å². The van der Waals surface area contributed by atoms with Crippen LogP contribution in [0, 0.1) is 0 Å². The maximum Gasteiger partial charge on any atom is 0.225 e. The molecule has 0 radical (unpaired) electrons. The molecule has 3 rings (SSSR count). The smallest absolute Gasteiger partial charge is 0.225 e. The second-order valence-electron chi connectivity index (χ2n) is 5.38. The Morgan fingerprint density at radius 1 is 1.26 bits per heavy atom. The highest BCUT2D eigenvalue weighted by Crippen LogP contribution is 2.25. The Hall–Kier alpha value is -1.06. The summed E-state index contributed by atoms with van der Waals surface area (Å²) in [5, 5.41) is 6.37. The van der Waals surface area contributed by atoms with Crippen molar-refractivity contribution in [1.29, 1.82) is 0 Å². The summed E-state index contributed by atoms with van der Waals surface area (Å²) in [7, 11) is 0. The number of hydrogen-bond acceptors (Lipinski definition) is 2. The van der Waals surface area contributed by atoms with Gasteiger partial charge in [-0.15, -0.1) is 12.4 Å². The van der Waals surface area contributed by atoms with Crippen molar-refractivity contribution >= 4 is 24.0 Å². The average Bonchev–Trinajstić information content (AvgIpc) is 2.98. The van der Waals surface area contributed by atoms with Gasteiger partial charge < -0.3 is 10.6 Å². The van der Waals surface area contributed by atoms with Crippen molar-refractivity contribution in [1.82, 2.24) is 5.32 Å². The van der Waals surface area contributed by atoms with Crippen LogP contribution in [0.25, 0.3) is 0 Å². The molecule has 2 aliphatic rings. The fourth-order valence-electron chi connectivity index (χ4n) is 3.02. The van der Waals surface area contributed by atoms with E-state index in [1.54, 1.807) is 0 Å². The lowest BCUT2D eigenvalue weighted by atomic mass is 10.1. The second-order valence-corrected chi connectivity index (χ2v) is 5.38. The Balaban J connectivity index is 0.00000133. The summed E-state index contributed by atoms with van der Waals surface area (Å²) in [5.41, 5.74) is 3.82. The third-order valence-corrected chi connectivity index (χ3v) is 3.98. The summed E-state index contributed by atoms with van der Waals surface area (Å²) in [5.74, 6) is 0.132. The number of halogens is 1. The lowest BCUT2D eigenvalue weighted by Gasteiger charge is -2.11. The van der Waals surface area contributed by atoms with Crippen molar-refractivity contribution in [2.75, 3.05) is 11.9 Å². The molecule has 3 nitrogen and oxygen atoms in total. The largest absolute Gasteiger partial charge is 0.326 e. The molecule has 0 saturated carbocycles. The van der Waals surface area contributed by atoms with Crippen molar-refractivity contribution in [3.05, 3.63) is 29.3 Å². The van der Waals surface area contributed by atoms with Gasteiger partial charge in [0.25, 0.3) is 0 Å². The number of hydrogen-bond donors (Lipinski definition) is 2. The van der Waals surface area contributed by atoms with Gasteiger partial charge in [-0.25, -0.2) is 0 Å². The van der Waals surface area contributed by atoms with Crippen molar-refractivity contribution in [2.45, 2.75) is 44.6 Å². The van der Waals surface area contributed by atoms with Crippen LogP contribution in [0.2, 0.25) is 0 Å². The van der Waals surface area contributed by atoms with Crippen molar-refractivity contribution in [2.24, 2.45) is 0 Å². The number of nitrogens with one attached hydrogen (secondary N) is 2. The molecule has 19 heavy (non-hydrogen) atoms.